The molecule has 0 spiro atoms. The lowest BCUT2D eigenvalue weighted by Gasteiger charge is -2.23. The van der Waals surface area contributed by atoms with Crippen molar-refractivity contribution in [3.05, 3.63) is 0 Å². The van der Waals surface area contributed by atoms with Crippen molar-refractivity contribution in [2.75, 3.05) is 26.2 Å². The summed E-state index contributed by atoms with van der Waals surface area (Å²) in [7, 11) is 0. The Balaban J connectivity index is 1.84. The molecule has 2 rings (SSSR count). The van der Waals surface area contributed by atoms with E-state index in [-0.39, 0.29) is 11.3 Å². The standard InChI is InChI=1S/C11H21N3O/c1-11(10(12)15)4-6-14(8-11)7-9-3-2-5-13-9/h9,13H,2-8H2,1H3,(H2,12,15). The van der Waals surface area contributed by atoms with Crippen LogP contribution >= 0.6 is 0 Å². The predicted octanol–water partition coefficient (Wildman–Crippen LogP) is -0.0643. The Morgan fingerprint density at radius 1 is 1.67 bits per heavy atom. The van der Waals surface area contributed by atoms with Crippen LogP contribution in [0.15, 0.2) is 0 Å². The summed E-state index contributed by atoms with van der Waals surface area (Å²) >= 11 is 0. The van der Waals surface area contributed by atoms with Crippen molar-refractivity contribution < 1.29 is 4.79 Å². The van der Waals surface area contributed by atoms with Gasteiger partial charge >= 0.3 is 0 Å². The van der Waals surface area contributed by atoms with E-state index >= 15 is 0 Å². The highest BCUT2D eigenvalue weighted by Gasteiger charge is 2.39. The molecule has 0 aromatic rings. The topological polar surface area (TPSA) is 58.4 Å². The Hall–Kier alpha value is -0.610. The summed E-state index contributed by atoms with van der Waals surface area (Å²) in [6.07, 6.45) is 3.46. The van der Waals surface area contributed by atoms with Crippen molar-refractivity contribution in [1.82, 2.24) is 10.2 Å². The minimum Gasteiger partial charge on any atom is -0.369 e. The minimum atomic E-state index is -0.293. The van der Waals surface area contributed by atoms with E-state index in [4.69, 9.17) is 5.73 Å². The highest BCUT2D eigenvalue weighted by Crippen LogP contribution is 2.29. The van der Waals surface area contributed by atoms with E-state index in [1.807, 2.05) is 6.92 Å². The van der Waals surface area contributed by atoms with Gasteiger partial charge in [-0.3, -0.25) is 4.79 Å². The summed E-state index contributed by atoms with van der Waals surface area (Å²) in [6.45, 7) is 6.05. The van der Waals surface area contributed by atoms with Gasteiger partial charge in [-0.1, -0.05) is 0 Å². The first-order chi connectivity index (χ1) is 7.10. The number of nitrogens with zero attached hydrogens (tertiary/aromatic N) is 1. The normalized spacial score (nSPS) is 37.3. The number of nitrogens with one attached hydrogen (secondary N) is 1. The molecule has 0 radical (unpaired) electrons. The van der Waals surface area contributed by atoms with Crippen molar-refractivity contribution in [3.8, 4) is 0 Å². The van der Waals surface area contributed by atoms with Crippen molar-refractivity contribution >= 4 is 5.91 Å². The first kappa shape index (κ1) is 10.9. The summed E-state index contributed by atoms with van der Waals surface area (Å²) in [4.78, 5) is 13.7. The fraction of sp³-hybridized carbons (Fsp3) is 0.909. The van der Waals surface area contributed by atoms with Gasteiger partial charge in [-0.15, -0.1) is 0 Å². The third-order valence-electron chi connectivity index (χ3n) is 3.79. The number of carbonyl (C=O) groups excluding carboxylic acids is 1. The maximum absolute atomic E-state index is 11.3. The van der Waals surface area contributed by atoms with Gasteiger partial charge < -0.3 is 16.0 Å². The lowest BCUT2D eigenvalue weighted by molar-refractivity contribution is -0.126. The second-order valence-corrected chi connectivity index (χ2v) is 5.20. The molecular formula is C11H21N3O. The number of hydrogen-bond donors (Lipinski definition) is 2. The summed E-state index contributed by atoms with van der Waals surface area (Å²) in [6, 6.07) is 0.625. The lowest BCUT2D eigenvalue weighted by atomic mass is 9.89. The summed E-state index contributed by atoms with van der Waals surface area (Å²) < 4.78 is 0. The molecule has 3 N–H and O–H groups in total. The Morgan fingerprint density at radius 3 is 3.00 bits per heavy atom. The zero-order valence-corrected chi connectivity index (χ0v) is 9.46. The second-order valence-electron chi connectivity index (χ2n) is 5.20. The van der Waals surface area contributed by atoms with Crippen LogP contribution in [-0.4, -0.2) is 43.0 Å². The number of carbonyl (C=O) groups is 1. The molecule has 2 heterocycles. The number of rotatable bonds is 3. The third kappa shape index (κ3) is 2.32. The fourth-order valence-electron chi connectivity index (χ4n) is 2.64. The molecule has 1 amide bonds. The first-order valence-electron chi connectivity index (χ1n) is 5.86. The van der Waals surface area contributed by atoms with E-state index in [0.29, 0.717) is 6.04 Å². The molecule has 0 aromatic heterocycles. The van der Waals surface area contributed by atoms with Crippen LogP contribution in [0.2, 0.25) is 0 Å². The average molecular weight is 211 g/mol. The molecule has 2 aliphatic heterocycles. The molecule has 0 saturated carbocycles. The fourth-order valence-corrected chi connectivity index (χ4v) is 2.64. The molecule has 0 bridgehead atoms. The SMILES string of the molecule is CC1(C(N)=O)CCN(CC2CCCN2)C1. The van der Waals surface area contributed by atoms with Gasteiger partial charge in [0.2, 0.25) is 5.91 Å². The number of primary amides is 1. The van der Waals surface area contributed by atoms with Crippen LogP contribution < -0.4 is 11.1 Å². The summed E-state index contributed by atoms with van der Waals surface area (Å²) in [5.41, 5.74) is 5.13. The molecule has 2 atom stereocenters. The van der Waals surface area contributed by atoms with Gasteiger partial charge in [-0.25, -0.2) is 0 Å². The van der Waals surface area contributed by atoms with Crippen molar-refractivity contribution in [3.63, 3.8) is 0 Å². The Kier molecular flexibility index (Phi) is 2.98. The van der Waals surface area contributed by atoms with E-state index in [1.165, 1.54) is 12.8 Å². The van der Waals surface area contributed by atoms with Crippen LogP contribution in [0.1, 0.15) is 26.2 Å². The van der Waals surface area contributed by atoms with Crippen molar-refractivity contribution in [1.29, 1.82) is 0 Å². The van der Waals surface area contributed by atoms with Crippen molar-refractivity contribution in [2.45, 2.75) is 32.2 Å². The zero-order chi connectivity index (χ0) is 10.9. The lowest BCUT2D eigenvalue weighted by Crippen LogP contribution is -2.40. The third-order valence-corrected chi connectivity index (χ3v) is 3.79. The summed E-state index contributed by atoms with van der Waals surface area (Å²) in [5.74, 6) is -0.149. The summed E-state index contributed by atoms with van der Waals surface area (Å²) in [5, 5.41) is 3.48. The molecule has 4 heteroatoms. The van der Waals surface area contributed by atoms with Crippen LogP contribution in [0.4, 0.5) is 0 Å². The molecule has 2 aliphatic rings. The minimum absolute atomic E-state index is 0.149. The number of likely N-dealkylation sites (tertiary alicyclic amines) is 1. The number of nitrogens with two attached hydrogens (primary N) is 1. The van der Waals surface area contributed by atoms with Crippen LogP contribution in [-0.2, 0) is 4.79 Å². The van der Waals surface area contributed by atoms with Crippen LogP contribution in [0, 0.1) is 5.41 Å². The number of hydrogen-bond acceptors (Lipinski definition) is 3. The van der Waals surface area contributed by atoms with Crippen LogP contribution in [0.3, 0.4) is 0 Å². The van der Waals surface area contributed by atoms with Gasteiger partial charge in [0.05, 0.1) is 5.41 Å². The van der Waals surface area contributed by atoms with Crippen LogP contribution in [0.5, 0.6) is 0 Å². The highest BCUT2D eigenvalue weighted by atomic mass is 16.1. The molecule has 0 aromatic carbocycles. The monoisotopic (exact) mass is 211 g/mol. The maximum atomic E-state index is 11.3. The molecule has 2 unspecified atom stereocenters. The number of amides is 1. The van der Waals surface area contributed by atoms with E-state index in [9.17, 15) is 4.79 Å². The zero-order valence-electron chi connectivity index (χ0n) is 9.46. The average Bonchev–Trinajstić information content (AvgIpc) is 2.77. The molecule has 15 heavy (non-hydrogen) atoms. The second kappa shape index (κ2) is 4.10. The van der Waals surface area contributed by atoms with Gasteiger partial charge in [0.1, 0.15) is 0 Å². The van der Waals surface area contributed by atoms with E-state index in [0.717, 1.165) is 32.6 Å². The smallest absolute Gasteiger partial charge is 0.224 e. The largest absolute Gasteiger partial charge is 0.369 e. The first-order valence-corrected chi connectivity index (χ1v) is 5.86. The van der Waals surface area contributed by atoms with E-state index in [2.05, 4.69) is 10.2 Å². The molecule has 2 fully saturated rings. The van der Waals surface area contributed by atoms with Crippen LogP contribution in [0.25, 0.3) is 0 Å². The van der Waals surface area contributed by atoms with Gasteiger partial charge in [-0.2, -0.15) is 0 Å². The Labute approximate surface area is 91.2 Å². The molecule has 0 aliphatic carbocycles. The van der Waals surface area contributed by atoms with Gasteiger partial charge in [-0.05, 0) is 39.3 Å². The predicted molar refractivity (Wildman–Crippen MR) is 59.4 cm³/mol. The van der Waals surface area contributed by atoms with Gasteiger partial charge in [0, 0.05) is 19.1 Å². The van der Waals surface area contributed by atoms with Gasteiger partial charge in [0.25, 0.3) is 0 Å². The Bertz CT molecular complexity index is 250. The molecular weight excluding hydrogens is 190 g/mol. The van der Waals surface area contributed by atoms with E-state index < -0.39 is 0 Å². The Morgan fingerprint density at radius 2 is 2.47 bits per heavy atom. The highest BCUT2D eigenvalue weighted by molar-refractivity contribution is 5.81. The molecule has 4 nitrogen and oxygen atoms in total. The maximum Gasteiger partial charge on any atom is 0.224 e. The van der Waals surface area contributed by atoms with Crippen molar-refractivity contribution in [2.24, 2.45) is 11.1 Å². The van der Waals surface area contributed by atoms with Gasteiger partial charge in [0.15, 0.2) is 0 Å². The van der Waals surface area contributed by atoms with E-state index in [1.54, 1.807) is 0 Å². The molecule has 2 saturated heterocycles. The molecule has 86 valence electrons. The quantitative estimate of drug-likeness (QED) is 0.687.